The van der Waals surface area contributed by atoms with Gasteiger partial charge in [-0.15, -0.1) is 11.3 Å². The maximum Gasteiger partial charge on any atom is 0.220 e. The van der Waals surface area contributed by atoms with E-state index >= 15 is 0 Å². The number of rotatable bonds is 3. The maximum atomic E-state index is 5.71. The van der Waals surface area contributed by atoms with Gasteiger partial charge in [0.1, 0.15) is 0 Å². The van der Waals surface area contributed by atoms with Crippen LogP contribution in [0.2, 0.25) is 0 Å². The van der Waals surface area contributed by atoms with E-state index in [9.17, 15) is 0 Å². The SMILES string of the molecule is Nc1nccc([C@@H]2CCCCN2Cc2cccs2)n1. The molecule has 0 spiro atoms. The van der Waals surface area contributed by atoms with E-state index in [1.165, 1.54) is 17.7 Å². The highest BCUT2D eigenvalue weighted by Gasteiger charge is 2.25. The van der Waals surface area contributed by atoms with Crippen LogP contribution in [0.3, 0.4) is 0 Å². The summed E-state index contributed by atoms with van der Waals surface area (Å²) >= 11 is 1.82. The van der Waals surface area contributed by atoms with E-state index in [0.717, 1.165) is 25.2 Å². The van der Waals surface area contributed by atoms with Crippen LogP contribution in [0.5, 0.6) is 0 Å². The highest BCUT2D eigenvalue weighted by Crippen LogP contribution is 2.31. The summed E-state index contributed by atoms with van der Waals surface area (Å²) in [5.41, 5.74) is 6.77. The van der Waals surface area contributed by atoms with Gasteiger partial charge in [-0.05, 0) is 36.9 Å². The Hall–Kier alpha value is -1.46. The first-order valence-electron chi connectivity index (χ1n) is 6.68. The van der Waals surface area contributed by atoms with Crippen LogP contribution in [0.25, 0.3) is 0 Å². The molecule has 0 bridgehead atoms. The summed E-state index contributed by atoms with van der Waals surface area (Å²) in [5, 5.41) is 2.14. The van der Waals surface area contributed by atoms with Crippen molar-refractivity contribution in [2.75, 3.05) is 12.3 Å². The first-order chi connectivity index (χ1) is 9.33. The van der Waals surface area contributed by atoms with Gasteiger partial charge in [0.25, 0.3) is 0 Å². The fourth-order valence-corrected chi connectivity index (χ4v) is 3.42. The van der Waals surface area contributed by atoms with Crippen molar-refractivity contribution >= 4 is 17.3 Å². The molecule has 1 saturated heterocycles. The Kier molecular flexibility index (Phi) is 3.75. The van der Waals surface area contributed by atoms with Gasteiger partial charge in [-0.25, -0.2) is 9.97 Å². The molecule has 3 rings (SSSR count). The van der Waals surface area contributed by atoms with Gasteiger partial charge in [-0.2, -0.15) is 0 Å². The molecule has 100 valence electrons. The first kappa shape index (κ1) is 12.6. The molecule has 2 aromatic rings. The smallest absolute Gasteiger partial charge is 0.220 e. The third-order valence-corrected chi connectivity index (χ3v) is 4.45. The van der Waals surface area contributed by atoms with Crippen LogP contribution >= 0.6 is 11.3 Å². The monoisotopic (exact) mass is 274 g/mol. The van der Waals surface area contributed by atoms with E-state index in [0.29, 0.717) is 12.0 Å². The van der Waals surface area contributed by atoms with Crippen LogP contribution in [-0.4, -0.2) is 21.4 Å². The normalized spacial score (nSPS) is 20.5. The predicted octanol–water partition coefficient (Wildman–Crippen LogP) is 2.85. The topological polar surface area (TPSA) is 55.0 Å². The molecule has 0 aromatic carbocycles. The van der Waals surface area contributed by atoms with E-state index in [1.54, 1.807) is 6.20 Å². The number of thiophene rings is 1. The molecule has 1 aliphatic heterocycles. The Labute approximate surface area is 117 Å². The van der Waals surface area contributed by atoms with Crippen LogP contribution in [0.1, 0.15) is 35.9 Å². The molecule has 3 heterocycles. The number of nitrogens with two attached hydrogens (primary N) is 1. The molecule has 4 nitrogen and oxygen atoms in total. The minimum Gasteiger partial charge on any atom is -0.368 e. The average molecular weight is 274 g/mol. The fraction of sp³-hybridized carbons (Fsp3) is 0.429. The number of anilines is 1. The van der Waals surface area contributed by atoms with Crippen LogP contribution in [0, 0.1) is 0 Å². The Bertz CT molecular complexity index is 526. The van der Waals surface area contributed by atoms with Gasteiger partial charge in [-0.1, -0.05) is 12.5 Å². The molecular formula is C14H18N4S. The summed E-state index contributed by atoms with van der Waals surface area (Å²) in [7, 11) is 0. The van der Waals surface area contributed by atoms with Crippen molar-refractivity contribution in [3.8, 4) is 0 Å². The highest BCUT2D eigenvalue weighted by molar-refractivity contribution is 7.09. The summed E-state index contributed by atoms with van der Waals surface area (Å²) in [6.07, 6.45) is 5.44. The van der Waals surface area contributed by atoms with Gasteiger partial charge in [-0.3, -0.25) is 4.90 Å². The molecule has 0 unspecified atom stereocenters. The molecule has 1 aliphatic rings. The molecule has 0 aliphatic carbocycles. The van der Waals surface area contributed by atoms with E-state index in [-0.39, 0.29) is 0 Å². The van der Waals surface area contributed by atoms with Crippen molar-refractivity contribution in [1.82, 2.24) is 14.9 Å². The van der Waals surface area contributed by atoms with Crippen LogP contribution in [0.15, 0.2) is 29.8 Å². The van der Waals surface area contributed by atoms with Gasteiger partial charge in [0.05, 0.1) is 11.7 Å². The molecule has 19 heavy (non-hydrogen) atoms. The van der Waals surface area contributed by atoms with Gasteiger partial charge >= 0.3 is 0 Å². The lowest BCUT2D eigenvalue weighted by Gasteiger charge is -2.35. The van der Waals surface area contributed by atoms with Crippen molar-refractivity contribution in [3.05, 3.63) is 40.3 Å². The molecule has 0 amide bonds. The summed E-state index contributed by atoms with van der Waals surface area (Å²) in [6, 6.07) is 6.68. The summed E-state index contributed by atoms with van der Waals surface area (Å²) in [4.78, 5) is 12.3. The lowest BCUT2D eigenvalue weighted by molar-refractivity contribution is 0.138. The zero-order chi connectivity index (χ0) is 13.1. The summed E-state index contributed by atoms with van der Waals surface area (Å²) in [6.45, 7) is 2.14. The lowest BCUT2D eigenvalue weighted by Crippen LogP contribution is -2.33. The van der Waals surface area contributed by atoms with Crippen LogP contribution in [0.4, 0.5) is 5.95 Å². The number of hydrogen-bond acceptors (Lipinski definition) is 5. The Balaban J connectivity index is 1.80. The molecule has 0 saturated carbocycles. The minimum absolute atomic E-state index is 0.374. The van der Waals surface area contributed by atoms with E-state index in [2.05, 4.69) is 32.4 Å². The Morgan fingerprint density at radius 3 is 3.11 bits per heavy atom. The minimum atomic E-state index is 0.374. The molecule has 2 aromatic heterocycles. The molecule has 0 radical (unpaired) electrons. The van der Waals surface area contributed by atoms with Gasteiger partial charge in [0, 0.05) is 17.6 Å². The second-order valence-corrected chi connectivity index (χ2v) is 5.93. The highest BCUT2D eigenvalue weighted by atomic mass is 32.1. The van der Waals surface area contributed by atoms with Gasteiger partial charge in [0.15, 0.2) is 0 Å². The second kappa shape index (κ2) is 5.67. The quantitative estimate of drug-likeness (QED) is 0.935. The van der Waals surface area contributed by atoms with Gasteiger partial charge in [0.2, 0.25) is 5.95 Å². The number of hydrogen-bond donors (Lipinski definition) is 1. The number of aromatic nitrogens is 2. The number of nitrogens with zero attached hydrogens (tertiary/aromatic N) is 3. The Morgan fingerprint density at radius 1 is 1.37 bits per heavy atom. The molecule has 5 heteroatoms. The van der Waals surface area contributed by atoms with Crippen molar-refractivity contribution in [2.45, 2.75) is 31.8 Å². The van der Waals surface area contributed by atoms with E-state index < -0.39 is 0 Å². The third-order valence-electron chi connectivity index (χ3n) is 3.59. The zero-order valence-electron chi connectivity index (χ0n) is 10.8. The maximum absolute atomic E-state index is 5.71. The number of likely N-dealkylation sites (tertiary alicyclic amines) is 1. The molecule has 2 N–H and O–H groups in total. The van der Waals surface area contributed by atoms with Crippen molar-refractivity contribution in [2.24, 2.45) is 0 Å². The van der Waals surface area contributed by atoms with Crippen LogP contribution < -0.4 is 5.73 Å². The molecule has 1 fully saturated rings. The zero-order valence-corrected chi connectivity index (χ0v) is 11.6. The summed E-state index contributed by atoms with van der Waals surface area (Å²) < 4.78 is 0. The largest absolute Gasteiger partial charge is 0.368 e. The number of nitrogen functional groups attached to an aromatic ring is 1. The predicted molar refractivity (Wildman–Crippen MR) is 77.8 cm³/mol. The lowest BCUT2D eigenvalue weighted by atomic mass is 9.99. The van der Waals surface area contributed by atoms with E-state index in [4.69, 9.17) is 5.73 Å². The fourth-order valence-electron chi connectivity index (χ4n) is 2.69. The van der Waals surface area contributed by atoms with E-state index in [1.807, 2.05) is 17.4 Å². The molecular weight excluding hydrogens is 256 g/mol. The average Bonchev–Trinajstić information content (AvgIpc) is 2.92. The van der Waals surface area contributed by atoms with Crippen molar-refractivity contribution in [3.63, 3.8) is 0 Å². The number of piperidine rings is 1. The summed E-state index contributed by atoms with van der Waals surface area (Å²) in [5.74, 6) is 0.374. The third kappa shape index (κ3) is 2.93. The van der Waals surface area contributed by atoms with Gasteiger partial charge < -0.3 is 5.73 Å². The molecule has 1 atom stereocenters. The Morgan fingerprint density at radius 2 is 2.32 bits per heavy atom. The van der Waals surface area contributed by atoms with Crippen molar-refractivity contribution < 1.29 is 0 Å². The van der Waals surface area contributed by atoms with Crippen molar-refractivity contribution in [1.29, 1.82) is 0 Å². The first-order valence-corrected chi connectivity index (χ1v) is 7.56. The second-order valence-electron chi connectivity index (χ2n) is 4.90. The van der Waals surface area contributed by atoms with Crippen LogP contribution in [-0.2, 0) is 6.54 Å². The standard InChI is InChI=1S/C14H18N4S/c15-14-16-7-6-12(17-14)13-5-1-2-8-18(13)10-11-4-3-9-19-11/h3-4,6-7,9,13H,1-2,5,8,10H2,(H2,15,16,17)/t13-/m0/s1.